The summed E-state index contributed by atoms with van der Waals surface area (Å²) in [5.74, 6) is -0.249. The van der Waals surface area contributed by atoms with E-state index in [9.17, 15) is 9.59 Å². The number of aromatic nitrogens is 3. The molecular formula is C15H17N5O2. The van der Waals surface area contributed by atoms with Gasteiger partial charge in [-0.15, -0.1) is 0 Å². The molecule has 0 spiro atoms. The topological polar surface area (TPSA) is 99.8 Å². The average molecular weight is 299 g/mol. The van der Waals surface area contributed by atoms with Gasteiger partial charge in [-0.1, -0.05) is 18.6 Å². The van der Waals surface area contributed by atoms with E-state index >= 15 is 0 Å². The summed E-state index contributed by atoms with van der Waals surface area (Å²) >= 11 is 0. The van der Waals surface area contributed by atoms with Crippen molar-refractivity contribution >= 4 is 17.5 Å². The van der Waals surface area contributed by atoms with Crippen LogP contribution in [0.2, 0.25) is 0 Å². The molecule has 3 N–H and O–H groups in total. The van der Waals surface area contributed by atoms with Crippen LogP contribution in [-0.4, -0.2) is 33.3 Å². The molecular weight excluding hydrogens is 282 g/mol. The van der Waals surface area contributed by atoms with E-state index in [-0.39, 0.29) is 11.8 Å². The molecule has 0 radical (unpaired) electrons. The van der Waals surface area contributed by atoms with Crippen molar-refractivity contribution in [1.29, 1.82) is 0 Å². The van der Waals surface area contributed by atoms with Crippen LogP contribution in [0.25, 0.3) is 11.3 Å². The first-order valence-electron chi connectivity index (χ1n) is 7.29. The quantitative estimate of drug-likeness (QED) is 0.799. The number of carbonyl (C=O) groups excluding carboxylic acids is 2. The van der Waals surface area contributed by atoms with Crippen LogP contribution in [0, 0.1) is 0 Å². The fourth-order valence-corrected chi connectivity index (χ4v) is 2.50. The van der Waals surface area contributed by atoms with Gasteiger partial charge in [0.25, 0.3) is 0 Å². The van der Waals surface area contributed by atoms with Crippen LogP contribution < -0.4 is 10.6 Å². The average Bonchev–Trinajstić information content (AvgIpc) is 2.96. The molecule has 1 aliphatic rings. The van der Waals surface area contributed by atoms with Crippen molar-refractivity contribution in [3.8, 4) is 11.3 Å². The smallest absolute Gasteiger partial charge is 0.246 e. The number of aromatic amines is 1. The number of rotatable bonds is 3. The van der Waals surface area contributed by atoms with Gasteiger partial charge in [0.05, 0.1) is 6.20 Å². The van der Waals surface area contributed by atoms with Gasteiger partial charge < -0.3 is 10.6 Å². The Kier molecular flexibility index (Phi) is 4.13. The monoisotopic (exact) mass is 299 g/mol. The van der Waals surface area contributed by atoms with E-state index in [0.29, 0.717) is 24.2 Å². The van der Waals surface area contributed by atoms with Gasteiger partial charge >= 0.3 is 0 Å². The van der Waals surface area contributed by atoms with Crippen LogP contribution >= 0.6 is 0 Å². The van der Waals surface area contributed by atoms with Crippen molar-refractivity contribution in [2.75, 3.05) is 5.32 Å². The number of carbonyl (C=O) groups is 2. The maximum Gasteiger partial charge on any atom is 0.246 e. The molecule has 2 aromatic rings. The molecule has 2 heterocycles. The molecule has 22 heavy (non-hydrogen) atoms. The van der Waals surface area contributed by atoms with E-state index in [0.717, 1.165) is 18.4 Å². The minimum absolute atomic E-state index is 0.0611. The maximum atomic E-state index is 12.3. The Morgan fingerprint density at radius 1 is 1.32 bits per heavy atom. The third-order valence-corrected chi connectivity index (χ3v) is 3.64. The van der Waals surface area contributed by atoms with Gasteiger partial charge in [0.2, 0.25) is 11.8 Å². The molecule has 1 saturated heterocycles. The SMILES string of the molecule is O=C1CCCC[C@H](C(=O)Nc2cccc(-c3cn[nH]n3)c2)N1. The third-order valence-electron chi connectivity index (χ3n) is 3.64. The Morgan fingerprint density at radius 2 is 2.23 bits per heavy atom. The first kappa shape index (κ1) is 14.2. The second kappa shape index (κ2) is 6.38. The van der Waals surface area contributed by atoms with E-state index in [1.54, 1.807) is 12.3 Å². The zero-order valence-electron chi connectivity index (χ0n) is 12.0. The molecule has 1 aromatic heterocycles. The van der Waals surface area contributed by atoms with E-state index in [4.69, 9.17) is 0 Å². The zero-order chi connectivity index (χ0) is 15.4. The zero-order valence-corrected chi connectivity index (χ0v) is 12.0. The highest BCUT2D eigenvalue weighted by Gasteiger charge is 2.23. The first-order chi connectivity index (χ1) is 10.7. The van der Waals surface area contributed by atoms with E-state index in [2.05, 4.69) is 26.0 Å². The molecule has 1 aliphatic heterocycles. The van der Waals surface area contributed by atoms with Crippen LogP contribution in [0.4, 0.5) is 5.69 Å². The van der Waals surface area contributed by atoms with Gasteiger partial charge in [0.1, 0.15) is 11.7 Å². The molecule has 3 rings (SSSR count). The van der Waals surface area contributed by atoms with Crippen molar-refractivity contribution in [2.24, 2.45) is 0 Å². The number of hydrogen-bond acceptors (Lipinski definition) is 4. The lowest BCUT2D eigenvalue weighted by molar-refractivity contribution is -0.125. The van der Waals surface area contributed by atoms with Gasteiger partial charge in [0.15, 0.2) is 0 Å². The number of amides is 2. The van der Waals surface area contributed by atoms with Crippen molar-refractivity contribution in [3.05, 3.63) is 30.5 Å². The molecule has 0 bridgehead atoms. The third kappa shape index (κ3) is 3.30. The van der Waals surface area contributed by atoms with Crippen molar-refractivity contribution in [2.45, 2.75) is 31.7 Å². The standard InChI is InChI=1S/C15H17N5O2/c21-14-7-2-1-6-12(18-14)15(22)17-11-5-3-4-10(8-11)13-9-16-20-19-13/h3-5,8-9,12H,1-2,6-7H2,(H,17,22)(H,18,21)(H,16,19,20)/t12-/m1/s1. The predicted octanol–water partition coefficient (Wildman–Crippen LogP) is 1.47. The normalized spacial score (nSPS) is 18.4. The number of nitrogens with zero attached hydrogens (tertiary/aromatic N) is 2. The minimum atomic E-state index is -0.467. The molecule has 0 aliphatic carbocycles. The van der Waals surface area contributed by atoms with Crippen molar-refractivity contribution < 1.29 is 9.59 Å². The van der Waals surface area contributed by atoms with Crippen LogP contribution in [0.1, 0.15) is 25.7 Å². The number of anilines is 1. The van der Waals surface area contributed by atoms with Gasteiger partial charge in [-0.05, 0) is 25.0 Å². The lowest BCUT2D eigenvalue weighted by Crippen LogP contribution is -2.42. The second-order valence-electron chi connectivity index (χ2n) is 5.29. The Morgan fingerprint density at radius 3 is 3.05 bits per heavy atom. The molecule has 0 unspecified atom stereocenters. The molecule has 1 fully saturated rings. The van der Waals surface area contributed by atoms with E-state index in [1.807, 2.05) is 18.2 Å². The lowest BCUT2D eigenvalue weighted by atomic mass is 10.1. The second-order valence-corrected chi connectivity index (χ2v) is 5.29. The summed E-state index contributed by atoms with van der Waals surface area (Å²) < 4.78 is 0. The highest BCUT2D eigenvalue weighted by atomic mass is 16.2. The van der Waals surface area contributed by atoms with E-state index in [1.165, 1.54) is 0 Å². The molecule has 1 aromatic carbocycles. The summed E-state index contributed by atoms with van der Waals surface area (Å²) in [6.45, 7) is 0. The number of benzene rings is 1. The van der Waals surface area contributed by atoms with Gasteiger partial charge in [-0.2, -0.15) is 15.4 Å². The van der Waals surface area contributed by atoms with Gasteiger partial charge in [-0.3, -0.25) is 9.59 Å². The van der Waals surface area contributed by atoms with Crippen LogP contribution in [0.3, 0.4) is 0 Å². The number of H-pyrrole nitrogens is 1. The molecule has 7 nitrogen and oxygen atoms in total. The molecule has 114 valence electrons. The summed E-state index contributed by atoms with van der Waals surface area (Å²) in [4.78, 5) is 23.9. The van der Waals surface area contributed by atoms with Gasteiger partial charge in [0, 0.05) is 17.7 Å². The van der Waals surface area contributed by atoms with E-state index < -0.39 is 6.04 Å². The van der Waals surface area contributed by atoms with Crippen molar-refractivity contribution in [3.63, 3.8) is 0 Å². The Labute approximate surface area is 127 Å². The van der Waals surface area contributed by atoms with Crippen molar-refractivity contribution in [1.82, 2.24) is 20.7 Å². The number of nitrogens with one attached hydrogen (secondary N) is 3. The largest absolute Gasteiger partial charge is 0.344 e. The Bertz CT molecular complexity index is 668. The Hall–Kier alpha value is -2.70. The summed E-state index contributed by atoms with van der Waals surface area (Å²) in [7, 11) is 0. The fourth-order valence-electron chi connectivity index (χ4n) is 2.50. The Balaban J connectivity index is 1.71. The van der Waals surface area contributed by atoms with Crippen LogP contribution in [-0.2, 0) is 9.59 Å². The highest BCUT2D eigenvalue weighted by molar-refractivity contribution is 5.97. The molecule has 7 heteroatoms. The fraction of sp³-hybridized carbons (Fsp3) is 0.333. The summed E-state index contributed by atoms with van der Waals surface area (Å²) in [6.07, 6.45) is 4.48. The summed E-state index contributed by atoms with van der Waals surface area (Å²) in [6, 6.07) is 6.89. The summed E-state index contributed by atoms with van der Waals surface area (Å²) in [5.41, 5.74) is 2.24. The lowest BCUT2D eigenvalue weighted by Gasteiger charge is -2.15. The van der Waals surface area contributed by atoms with Crippen LogP contribution in [0.5, 0.6) is 0 Å². The minimum Gasteiger partial charge on any atom is -0.344 e. The summed E-state index contributed by atoms with van der Waals surface area (Å²) in [5, 5.41) is 16.0. The molecule has 1 atom stereocenters. The number of hydrogen-bond donors (Lipinski definition) is 3. The molecule has 0 saturated carbocycles. The first-order valence-corrected chi connectivity index (χ1v) is 7.29. The maximum absolute atomic E-state index is 12.3. The van der Waals surface area contributed by atoms with Gasteiger partial charge in [-0.25, -0.2) is 0 Å². The molecule has 2 amide bonds. The predicted molar refractivity (Wildman–Crippen MR) is 80.8 cm³/mol. The van der Waals surface area contributed by atoms with Crippen LogP contribution in [0.15, 0.2) is 30.5 Å². The highest BCUT2D eigenvalue weighted by Crippen LogP contribution is 2.20.